The van der Waals surface area contributed by atoms with Gasteiger partial charge in [0.2, 0.25) is 5.91 Å². The van der Waals surface area contributed by atoms with Crippen LogP contribution in [-0.4, -0.2) is 30.8 Å². The third kappa shape index (κ3) is 4.66. The molecule has 1 amide bonds. The average molecular weight is 316 g/mol. The molecule has 1 atom stereocenters. The monoisotopic (exact) mass is 315 g/mol. The number of hydrogen-bond donors (Lipinski definition) is 2. The third-order valence-corrected chi connectivity index (χ3v) is 3.16. The van der Waals surface area contributed by atoms with Gasteiger partial charge in [-0.3, -0.25) is 4.79 Å². The number of carbonyl (C=O) groups is 1. The number of aliphatic hydroxyl groups is 1. The minimum atomic E-state index is -0.194. The second-order valence-corrected chi connectivity index (χ2v) is 4.97. The van der Waals surface area contributed by atoms with E-state index in [2.05, 4.69) is 21.2 Å². The Bertz CT molecular complexity index is 409. The summed E-state index contributed by atoms with van der Waals surface area (Å²) in [6.45, 7) is 1.72. The first-order valence-electron chi connectivity index (χ1n) is 5.79. The fraction of sp³-hybridized carbons (Fsp3) is 0.462. The summed E-state index contributed by atoms with van der Waals surface area (Å²) in [5.41, 5.74) is 1.06. The number of rotatable bonds is 6. The largest absolute Gasteiger partial charge is 0.496 e. The van der Waals surface area contributed by atoms with Crippen LogP contribution in [-0.2, 0) is 11.2 Å². The Labute approximate surface area is 115 Å². The van der Waals surface area contributed by atoms with Crippen LogP contribution in [0.3, 0.4) is 0 Å². The van der Waals surface area contributed by atoms with E-state index >= 15 is 0 Å². The Morgan fingerprint density at radius 2 is 2.28 bits per heavy atom. The first kappa shape index (κ1) is 15.0. The highest BCUT2D eigenvalue weighted by molar-refractivity contribution is 9.10. The topological polar surface area (TPSA) is 58.6 Å². The molecule has 0 saturated carbocycles. The maximum atomic E-state index is 11.5. The van der Waals surface area contributed by atoms with Crippen LogP contribution in [0.5, 0.6) is 5.75 Å². The predicted molar refractivity (Wildman–Crippen MR) is 73.7 cm³/mol. The Morgan fingerprint density at radius 3 is 2.83 bits per heavy atom. The van der Waals surface area contributed by atoms with Crippen molar-refractivity contribution in [1.29, 1.82) is 0 Å². The average Bonchev–Trinajstić information content (AvgIpc) is 2.36. The van der Waals surface area contributed by atoms with Crippen LogP contribution in [0.15, 0.2) is 22.7 Å². The van der Waals surface area contributed by atoms with E-state index < -0.39 is 0 Å². The van der Waals surface area contributed by atoms with Crippen molar-refractivity contribution in [3.8, 4) is 5.75 Å². The normalized spacial score (nSPS) is 12.0. The van der Waals surface area contributed by atoms with Gasteiger partial charge in [-0.1, -0.05) is 6.07 Å². The van der Waals surface area contributed by atoms with Gasteiger partial charge in [-0.25, -0.2) is 0 Å². The molecule has 1 aromatic carbocycles. The molecule has 0 heterocycles. The van der Waals surface area contributed by atoms with Crippen LogP contribution in [0.25, 0.3) is 0 Å². The maximum absolute atomic E-state index is 11.5. The van der Waals surface area contributed by atoms with Gasteiger partial charge in [-0.15, -0.1) is 0 Å². The summed E-state index contributed by atoms with van der Waals surface area (Å²) in [5.74, 6) is 0.723. The van der Waals surface area contributed by atoms with Gasteiger partial charge in [-0.05, 0) is 47.0 Å². The van der Waals surface area contributed by atoms with E-state index in [9.17, 15) is 4.79 Å². The van der Waals surface area contributed by atoms with E-state index in [-0.39, 0.29) is 18.6 Å². The SMILES string of the molecule is COc1ccc(CCC(=O)N[C@H](C)CO)cc1Br. The van der Waals surface area contributed by atoms with Gasteiger partial charge in [-0.2, -0.15) is 0 Å². The number of halogens is 1. The molecule has 4 nitrogen and oxygen atoms in total. The first-order valence-corrected chi connectivity index (χ1v) is 6.58. The van der Waals surface area contributed by atoms with Crippen molar-refractivity contribution < 1.29 is 14.6 Å². The Morgan fingerprint density at radius 1 is 1.56 bits per heavy atom. The summed E-state index contributed by atoms with van der Waals surface area (Å²) in [4.78, 5) is 11.5. The molecular formula is C13H18BrNO3. The molecule has 100 valence electrons. The van der Waals surface area contributed by atoms with E-state index in [1.807, 2.05) is 18.2 Å². The summed E-state index contributed by atoms with van der Waals surface area (Å²) in [5, 5.41) is 11.5. The van der Waals surface area contributed by atoms with Crippen molar-refractivity contribution in [2.75, 3.05) is 13.7 Å². The summed E-state index contributed by atoms with van der Waals surface area (Å²) in [6.07, 6.45) is 1.07. The second-order valence-electron chi connectivity index (χ2n) is 4.12. The summed E-state index contributed by atoms with van der Waals surface area (Å²) in [7, 11) is 1.61. The summed E-state index contributed by atoms with van der Waals surface area (Å²) in [6, 6.07) is 5.56. The molecule has 0 aliphatic carbocycles. The molecule has 0 radical (unpaired) electrons. The van der Waals surface area contributed by atoms with Crippen LogP contribution in [0.1, 0.15) is 18.9 Å². The maximum Gasteiger partial charge on any atom is 0.220 e. The fourth-order valence-corrected chi connectivity index (χ4v) is 2.10. The number of ether oxygens (including phenoxy) is 1. The van der Waals surface area contributed by atoms with Gasteiger partial charge in [0.05, 0.1) is 18.2 Å². The number of hydrogen-bond acceptors (Lipinski definition) is 3. The van der Waals surface area contributed by atoms with E-state index in [1.54, 1.807) is 14.0 Å². The number of nitrogens with one attached hydrogen (secondary N) is 1. The molecule has 2 N–H and O–H groups in total. The van der Waals surface area contributed by atoms with Crippen molar-refractivity contribution in [3.05, 3.63) is 28.2 Å². The molecule has 0 unspecified atom stereocenters. The van der Waals surface area contributed by atoms with E-state index in [0.717, 1.165) is 15.8 Å². The Hall–Kier alpha value is -1.07. The van der Waals surface area contributed by atoms with Crippen LogP contribution < -0.4 is 10.1 Å². The highest BCUT2D eigenvalue weighted by Gasteiger charge is 2.07. The fourth-order valence-electron chi connectivity index (χ4n) is 1.52. The van der Waals surface area contributed by atoms with E-state index in [0.29, 0.717) is 12.8 Å². The van der Waals surface area contributed by atoms with Gasteiger partial charge in [0.1, 0.15) is 5.75 Å². The third-order valence-electron chi connectivity index (χ3n) is 2.54. The first-order chi connectivity index (χ1) is 8.56. The smallest absolute Gasteiger partial charge is 0.220 e. The number of amides is 1. The molecular weight excluding hydrogens is 298 g/mol. The lowest BCUT2D eigenvalue weighted by atomic mass is 10.1. The highest BCUT2D eigenvalue weighted by atomic mass is 79.9. The number of aliphatic hydroxyl groups excluding tert-OH is 1. The molecule has 0 spiro atoms. The van der Waals surface area contributed by atoms with E-state index in [4.69, 9.17) is 9.84 Å². The van der Waals surface area contributed by atoms with Crippen molar-refractivity contribution in [1.82, 2.24) is 5.32 Å². The van der Waals surface area contributed by atoms with Crippen molar-refractivity contribution in [3.63, 3.8) is 0 Å². The number of methoxy groups -OCH3 is 1. The molecule has 0 fully saturated rings. The van der Waals surface area contributed by atoms with Gasteiger partial charge >= 0.3 is 0 Å². The molecule has 0 aliphatic rings. The standard InChI is InChI=1S/C13H18BrNO3/c1-9(8-16)15-13(17)6-4-10-3-5-12(18-2)11(14)7-10/h3,5,7,9,16H,4,6,8H2,1-2H3,(H,15,17)/t9-/m1/s1. The zero-order valence-corrected chi connectivity index (χ0v) is 12.2. The van der Waals surface area contributed by atoms with Gasteiger partial charge < -0.3 is 15.2 Å². The molecule has 0 aromatic heterocycles. The van der Waals surface area contributed by atoms with Crippen LogP contribution in [0.2, 0.25) is 0 Å². The van der Waals surface area contributed by atoms with Crippen molar-refractivity contribution in [2.24, 2.45) is 0 Å². The summed E-state index contributed by atoms with van der Waals surface area (Å²) < 4.78 is 6.02. The minimum absolute atomic E-state index is 0.0418. The molecule has 1 rings (SSSR count). The zero-order valence-electron chi connectivity index (χ0n) is 10.6. The van der Waals surface area contributed by atoms with Gasteiger partial charge in [0, 0.05) is 12.5 Å². The molecule has 0 bridgehead atoms. The van der Waals surface area contributed by atoms with Gasteiger partial charge in [0.15, 0.2) is 0 Å². The lowest BCUT2D eigenvalue weighted by molar-refractivity contribution is -0.121. The lowest BCUT2D eigenvalue weighted by Gasteiger charge is -2.11. The Kier molecular flexibility index (Phi) is 6.15. The van der Waals surface area contributed by atoms with Crippen molar-refractivity contribution in [2.45, 2.75) is 25.8 Å². The zero-order chi connectivity index (χ0) is 13.5. The quantitative estimate of drug-likeness (QED) is 0.842. The number of aryl methyl sites for hydroxylation is 1. The van der Waals surface area contributed by atoms with Crippen molar-refractivity contribution >= 4 is 21.8 Å². The highest BCUT2D eigenvalue weighted by Crippen LogP contribution is 2.25. The van der Waals surface area contributed by atoms with Crippen LogP contribution >= 0.6 is 15.9 Å². The predicted octanol–water partition coefficient (Wildman–Crippen LogP) is 1.89. The van der Waals surface area contributed by atoms with Gasteiger partial charge in [0.25, 0.3) is 0 Å². The molecule has 0 saturated heterocycles. The molecule has 18 heavy (non-hydrogen) atoms. The molecule has 1 aromatic rings. The molecule has 5 heteroatoms. The van der Waals surface area contributed by atoms with Crippen LogP contribution in [0.4, 0.5) is 0 Å². The summed E-state index contributed by atoms with van der Waals surface area (Å²) >= 11 is 3.41. The van der Waals surface area contributed by atoms with Crippen LogP contribution in [0, 0.1) is 0 Å². The number of carbonyl (C=O) groups excluding carboxylic acids is 1. The second kappa shape index (κ2) is 7.38. The Balaban J connectivity index is 2.48. The molecule has 0 aliphatic heterocycles. The minimum Gasteiger partial charge on any atom is -0.496 e. The number of benzene rings is 1. The lowest BCUT2D eigenvalue weighted by Crippen LogP contribution is -2.35. The van der Waals surface area contributed by atoms with E-state index in [1.165, 1.54) is 0 Å².